The molecule has 6 heteroatoms. The number of hydrogen-bond donors (Lipinski definition) is 1. The molecule has 0 fully saturated rings. The summed E-state index contributed by atoms with van der Waals surface area (Å²) >= 11 is 6.34. The average molecular weight is 381 g/mol. The Hall–Kier alpha value is -2.58. The van der Waals surface area contributed by atoms with Crippen molar-refractivity contribution in [1.29, 1.82) is 5.26 Å². The van der Waals surface area contributed by atoms with E-state index in [1.165, 1.54) is 0 Å². The Bertz CT molecular complexity index is 967. The fraction of sp³-hybridized carbons (Fsp3) is 0.381. The predicted molar refractivity (Wildman–Crippen MR) is 105 cm³/mol. The van der Waals surface area contributed by atoms with Crippen molar-refractivity contribution in [3.63, 3.8) is 0 Å². The van der Waals surface area contributed by atoms with E-state index in [9.17, 15) is 10.1 Å². The number of fused-ring (bicyclic) bond motifs is 2. The van der Waals surface area contributed by atoms with E-state index in [4.69, 9.17) is 11.6 Å². The number of rotatable bonds is 3. The second kappa shape index (κ2) is 6.54. The molecule has 0 spiro atoms. The molecule has 0 saturated heterocycles. The molecule has 1 N–H and O–H groups in total. The highest BCUT2D eigenvalue weighted by Crippen LogP contribution is 2.48. The molecule has 5 nitrogen and oxygen atoms in total. The Morgan fingerprint density at radius 1 is 1.44 bits per heavy atom. The molecular weight excluding hydrogens is 360 g/mol. The Morgan fingerprint density at radius 3 is 3.00 bits per heavy atom. The van der Waals surface area contributed by atoms with Gasteiger partial charge in [0, 0.05) is 35.9 Å². The van der Waals surface area contributed by atoms with Gasteiger partial charge in [0.05, 0.1) is 17.2 Å². The highest BCUT2D eigenvalue weighted by Gasteiger charge is 2.43. The summed E-state index contributed by atoms with van der Waals surface area (Å²) in [7, 11) is 0. The van der Waals surface area contributed by atoms with Gasteiger partial charge in [-0.1, -0.05) is 23.7 Å². The van der Waals surface area contributed by atoms with Gasteiger partial charge in [-0.25, -0.2) is 4.79 Å². The lowest BCUT2D eigenvalue weighted by Crippen LogP contribution is -2.38. The monoisotopic (exact) mass is 380 g/mol. The molecule has 2 heterocycles. The van der Waals surface area contributed by atoms with Gasteiger partial charge in [-0.15, -0.1) is 0 Å². The molecule has 1 aliphatic carbocycles. The molecule has 0 saturated carbocycles. The third-order valence-corrected chi connectivity index (χ3v) is 6.31. The van der Waals surface area contributed by atoms with Gasteiger partial charge >= 0.3 is 6.03 Å². The number of hydrogen-bond acceptors (Lipinski definition) is 3. The van der Waals surface area contributed by atoms with Gasteiger partial charge in [-0.3, -0.25) is 4.98 Å². The normalized spacial score (nSPS) is 20.3. The number of pyridine rings is 1. The Labute approximate surface area is 164 Å². The summed E-state index contributed by atoms with van der Waals surface area (Å²) in [6.07, 6.45) is 3.38. The van der Waals surface area contributed by atoms with Gasteiger partial charge in [0.1, 0.15) is 0 Å². The number of nitrogens with zero attached hydrogens (tertiary/aromatic N) is 3. The molecule has 138 valence electrons. The number of benzene rings is 1. The predicted octanol–water partition coefficient (Wildman–Crippen LogP) is 4.61. The Kier molecular flexibility index (Phi) is 4.32. The summed E-state index contributed by atoms with van der Waals surface area (Å²) in [5.74, 6) is -0.0271. The molecule has 2 aliphatic rings. The third-order valence-electron chi connectivity index (χ3n) is 5.96. The van der Waals surface area contributed by atoms with Crippen molar-refractivity contribution >= 4 is 23.3 Å². The first-order valence-electron chi connectivity index (χ1n) is 9.21. The van der Waals surface area contributed by atoms with Crippen molar-refractivity contribution < 1.29 is 4.79 Å². The number of nitriles is 1. The number of urea groups is 1. The van der Waals surface area contributed by atoms with Crippen molar-refractivity contribution in [2.45, 2.75) is 44.6 Å². The van der Waals surface area contributed by atoms with Crippen LogP contribution in [0.2, 0.25) is 5.02 Å². The minimum Gasteiger partial charge on any atom is -0.320 e. The standard InChI is InChI=1S/C21H21ClN4O/c1-3-26-11-13-4-5-14(10-18(13)25-20(26)27)21(2,12-23)16-7-6-15-17(22)8-9-24-19(15)16/h4-5,8-10,16H,3,6-7,11H2,1-2H3,(H,25,27)/t16-,21-/m0/s1. The molecular formula is C21H21ClN4O. The van der Waals surface area contributed by atoms with Crippen LogP contribution in [0.25, 0.3) is 0 Å². The summed E-state index contributed by atoms with van der Waals surface area (Å²) in [5.41, 5.74) is 3.98. The SMILES string of the molecule is CCN1Cc2ccc([C@](C)(C#N)[C@H]3CCc4c(Cl)ccnc43)cc2NC1=O. The van der Waals surface area contributed by atoms with Crippen LogP contribution in [0.15, 0.2) is 30.5 Å². The van der Waals surface area contributed by atoms with Crippen LogP contribution < -0.4 is 5.32 Å². The van der Waals surface area contributed by atoms with Gasteiger partial charge < -0.3 is 10.2 Å². The van der Waals surface area contributed by atoms with Crippen molar-refractivity contribution in [2.24, 2.45) is 0 Å². The van der Waals surface area contributed by atoms with Crippen molar-refractivity contribution in [1.82, 2.24) is 9.88 Å². The van der Waals surface area contributed by atoms with E-state index in [0.717, 1.165) is 45.9 Å². The summed E-state index contributed by atoms with van der Waals surface area (Å²) in [4.78, 5) is 18.5. The molecule has 2 amide bonds. The van der Waals surface area contributed by atoms with Crippen LogP contribution in [-0.4, -0.2) is 22.5 Å². The third kappa shape index (κ3) is 2.76. The van der Waals surface area contributed by atoms with Gasteiger partial charge in [0.25, 0.3) is 0 Å². The van der Waals surface area contributed by atoms with E-state index < -0.39 is 5.41 Å². The van der Waals surface area contributed by atoms with E-state index in [1.807, 2.05) is 32.0 Å². The topological polar surface area (TPSA) is 69.0 Å². The van der Waals surface area contributed by atoms with E-state index in [1.54, 1.807) is 17.2 Å². The number of nitrogens with one attached hydrogen (secondary N) is 1. The molecule has 0 unspecified atom stereocenters. The van der Waals surface area contributed by atoms with Crippen LogP contribution in [0.4, 0.5) is 10.5 Å². The molecule has 1 aromatic carbocycles. The van der Waals surface area contributed by atoms with Crippen LogP contribution in [0, 0.1) is 11.3 Å². The Balaban J connectivity index is 1.75. The van der Waals surface area contributed by atoms with Crippen LogP contribution in [-0.2, 0) is 18.4 Å². The molecule has 0 bridgehead atoms. The van der Waals surface area contributed by atoms with E-state index in [2.05, 4.69) is 16.4 Å². The number of anilines is 1. The van der Waals surface area contributed by atoms with Crippen LogP contribution in [0.5, 0.6) is 0 Å². The quantitative estimate of drug-likeness (QED) is 0.845. The van der Waals surface area contributed by atoms with Crippen LogP contribution >= 0.6 is 11.6 Å². The fourth-order valence-electron chi connectivity index (χ4n) is 4.24. The zero-order valence-corrected chi connectivity index (χ0v) is 16.2. The van der Waals surface area contributed by atoms with E-state index >= 15 is 0 Å². The lowest BCUT2D eigenvalue weighted by Gasteiger charge is -2.32. The summed E-state index contributed by atoms with van der Waals surface area (Å²) in [5, 5.41) is 13.8. The summed E-state index contributed by atoms with van der Waals surface area (Å²) in [6, 6.07) is 10.2. The van der Waals surface area contributed by atoms with Crippen molar-refractivity contribution in [3.8, 4) is 6.07 Å². The number of carbonyl (C=O) groups excluding carboxylic acids is 1. The molecule has 1 aromatic heterocycles. The van der Waals surface area contributed by atoms with Gasteiger partial charge in [0.2, 0.25) is 0 Å². The molecule has 2 aromatic rings. The van der Waals surface area contributed by atoms with E-state index in [0.29, 0.717) is 13.1 Å². The fourth-order valence-corrected chi connectivity index (χ4v) is 4.49. The van der Waals surface area contributed by atoms with Crippen molar-refractivity contribution in [3.05, 3.63) is 57.9 Å². The first-order chi connectivity index (χ1) is 13.0. The number of halogens is 1. The second-order valence-corrected chi connectivity index (χ2v) is 7.79. The van der Waals surface area contributed by atoms with Crippen LogP contribution in [0.3, 0.4) is 0 Å². The number of amides is 2. The highest BCUT2D eigenvalue weighted by molar-refractivity contribution is 6.31. The van der Waals surface area contributed by atoms with Crippen LogP contribution in [0.1, 0.15) is 48.6 Å². The largest absolute Gasteiger partial charge is 0.322 e. The maximum Gasteiger partial charge on any atom is 0.322 e. The minimum absolute atomic E-state index is 0.0271. The molecule has 4 rings (SSSR count). The Morgan fingerprint density at radius 2 is 2.26 bits per heavy atom. The minimum atomic E-state index is -0.745. The molecule has 27 heavy (non-hydrogen) atoms. The zero-order valence-electron chi connectivity index (χ0n) is 15.4. The van der Waals surface area contributed by atoms with Gasteiger partial charge in [0.15, 0.2) is 0 Å². The van der Waals surface area contributed by atoms with Crippen molar-refractivity contribution in [2.75, 3.05) is 11.9 Å². The zero-order chi connectivity index (χ0) is 19.2. The first kappa shape index (κ1) is 17.8. The number of aromatic nitrogens is 1. The van der Waals surface area contributed by atoms with E-state index in [-0.39, 0.29) is 11.9 Å². The smallest absolute Gasteiger partial charge is 0.320 e. The number of carbonyl (C=O) groups is 1. The maximum atomic E-state index is 12.2. The van der Waals surface area contributed by atoms with Gasteiger partial charge in [-0.05, 0) is 55.5 Å². The lowest BCUT2D eigenvalue weighted by atomic mass is 9.71. The molecule has 2 atom stereocenters. The average Bonchev–Trinajstić information content (AvgIpc) is 3.12. The lowest BCUT2D eigenvalue weighted by molar-refractivity contribution is 0.210. The molecule has 0 radical (unpaired) electrons. The second-order valence-electron chi connectivity index (χ2n) is 7.38. The summed E-state index contributed by atoms with van der Waals surface area (Å²) in [6.45, 7) is 5.17. The first-order valence-corrected chi connectivity index (χ1v) is 9.59. The molecule has 1 aliphatic heterocycles. The maximum absolute atomic E-state index is 12.2. The van der Waals surface area contributed by atoms with Gasteiger partial charge in [-0.2, -0.15) is 5.26 Å². The highest BCUT2D eigenvalue weighted by atomic mass is 35.5. The summed E-state index contributed by atoms with van der Waals surface area (Å²) < 4.78 is 0.